The van der Waals surface area contributed by atoms with Crippen LogP contribution in [0.5, 0.6) is 0 Å². The molecule has 2 N–H and O–H groups in total. The normalized spacial score (nSPS) is 33.5. The average Bonchev–Trinajstić information content (AvgIpc) is 3.32. The highest BCUT2D eigenvalue weighted by Crippen LogP contribution is 2.54. The predicted molar refractivity (Wildman–Crippen MR) is 151 cm³/mol. The molecule has 4 aliphatic rings. The molecule has 1 aromatic carbocycles. The number of carbonyl (C=O) groups is 4. The molecule has 0 aromatic heterocycles. The minimum atomic E-state index is -1.45. The zero-order chi connectivity index (χ0) is 29.5. The van der Waals surface area contributed by atoms with E-state index in [-0.39, 0.29) is 37.9 Å². The van der Waals surface area contributed by atoms with Gasteiger partial charge < -0.3 is 29.7 Å². The van der Waals surface area contributed by atoms with Gasteiger partial charge in [0.05, 0.1) is 31.2 Å². The number of aliphatic hydroxyl groups excluding tert-OH is 1. The largest absolute Gasteiger partial charge is 0.460 e. The first-order valence-electron chi connectivity index (χ1n) is 14.4. The van der Waals surface area contributed by atoms with Crippen LogP contribution >= 0.6 is 0 Å². The number of cyclic esters (lactones) is 1. The van der Waals surface area contributed by atoms with Crippen molar-refractivity contribution in [2.45, 2.75) is 76.9 Å². The number of allylic oxidation sites excluding steroid dienone is 1. The van der Waals surface area contributed by atoms with E-state index in [4.69, 9.17) is 9.47 Å². The van der Waals surface area contributed by atoms with Gasteiger partial charge in [0.1, 0.15) is 23.7 Å². The van der Waals surface area contributed by atoms with Crippen LogP contribution in [0.25, 0.3) is 0 Å². The second-order valence-electron chi connectivity index (χ2n) is 11.4. The van der Waals surface area contributed by atoms with E-state index in [1.807, 2.05) is 45.0 Å². The molecule has 4 aliphatic heterocycles. The summed E-state index contributed by atoms with van der Waals surface area (Å²) < 4.78 is 12.4. The molecule has 1 aromatic rings. The molecule has 10 nitrogen and oxygen atoms in total. The number of aliphatic hydroxyl groups is 1. The van der Waals surface area contributed by atoms with Crippen molar-refractivity contribution in [3.05, 3.63) is 53.6 Å². The molecule has 7 atom stereocenters. The summed E-state index contributed by atoms with van der Waals surface area (Å²) in [4.78, 5) is 58.0. The zero-order valence-electron chi connectivity index (χ0n) is 24.0. The van der Waals surface area contributed by atoms with Gasteiger partial charge in [-0.15, -0.1) is 0 Å². The van der Waals surface area contributed by atoms with Gasteiger partial charge in [-0.05, 0) is 44.7 Å². The van der Waals surface area contributed by atoms with Gasteiger partial charge in [-0.1, -0.05) is 49.4 Å². The number of likely N-dealkylation sites (tertiary alicyclic amines) is 1. The first kappa shape index (κ1) is 29.0. The molecule has 4 heterocycles. The molecule has 5 rings (SSSR count). The van der Waals surface area contributed by atoms with E-state index in [9.17, 15) is 24.3 Å². The number of para-hydroxylation sites is 1. The van der Waals surface area contributed by atoms with Crippen LogP contribution in [-0.2, 0) is 28.7 Å². The summed E-state index contributed by atoms with van der Waals surface area (Å²) in [6.45, 7) is 7.49. The number of aryl methyl sites for hydroxylation is 2. The minimum Gasteiger partial charge on any atom is -0.460 e. The summed E-state index contributed by atoms with van der Waals surface area (Å²) >= 11 is 0. The van der Waals surface area contributed by atoms with Crippen molar-refractivity contribution in [3.63, 3.8) is 0 Å². The maximum absolute atomic E-state index is 14.6. The molecular formula is C31H39N3O7. The lowest BCUT2D eigenvalue weighted by atomic mass is 9.78. The van der Waals surface area contributed by atoms with Gasteiger partial charge >= 0.3 is 5.97 Å². The van der Waals surface area contributed by atoms with Crippen molar-refractivity contribution in [2.24, 2.45) is 11.8 Å². The lowest BCUT2D eigenvalue weighted by Gasteiger charge is -2.38. The van der Waals surface area contributed by atoms with Crippen LogP contribution in [0.3, 0.4) is 0 Å². The third-order valence-corrected chi connectivity index (χ3v) is 8.76. The topological polar surface area (TPSA) is 125 Å². The van der Waals surface area contributed by atoms with Crippen LogP contribution in [0.1, 0.15) is 44.2 Å². The van der Waals surface area contributed by atoms with Crippen molar-refractivity contribution in [1.29, 1.82) is 0 Å². The van der Waals surface area contributed by atoms with Gasteiger partial charge in [0.15, 0.2) is 0 Å². The Morgan fingerprint density at radius 2 is 1.85 bits per heavy atom. The number of nitrogens with one attached hydrogen (secondary N) is 1. The second-order valence-corrected chi connectivity index (χ2v) is 11.4. The van der Waals surface area contributed by atoms with Crippen LogP contribution in [0.2, 0.25) is 0 Å². The number of anilines is 1. The lowest BCUT2D eigenvalue weighted by molar-refractivity contribution is -0.159. The number of esters is 1. The Balaban J connectivity index is 1.64. The Hall–Kier alpha value is -3.50. The molecule has 0 saturated carbocycles. The van der Waals surface area contributed by atoms with Gasteiger partial charge in [-0.2, -0.15) is 0 Å². The van der Waals surface area contributed by atoms with E-state index in [0.717, 1.165) is 16.8 Å². The molecule has 0 bridgehead atoms. The van der Waals surface area contributed by atoms with Crippen LogP contribution in [0.15, 0.2) is 42.5 Å². The van der Waals surface area contributed by atoms with Crippen LogP contribution in [-0.4, -0.2) is 83.3 Å². The van der Waals surface area contributed by atoms with E-state index >= 15 is 0 Å². The maximum Gasteiger partial charge on any atom is 0.313 e. The van der Waals surface area contributed by atoms with Crippen molar-refractivity contribution < 1.29 is 33.8 Å². The standard InChI is InChI=1S/C31H39N3O7/c1-5-21(17-35)34-27-29(38)33(26-18(2)10-8-11-19(26)3)15-9-14-31(27)25(28(34)37)24-22(41-31)12-6-7-13-23(36)32-16-20(4)40-30(24)39/h6,8-12,14,20-22,24-25,27,35H,5,7,13,15-17H2,1-4H3,(H,32,36)/b12-6-/t20-,21-,22-,24+,25+,27-,31+/m0/s1. The molecule has 10 heteroatoms. The Morgan fingerprint density at radius 1 is 1.12 bits per heavy atom. The highest BCUT2D eigenvalue weighted by molar-refractivity contribution is 6.06. The average molecular weight is 566 g/mol. The Bertz CT molecular complexity index is 1270. The maximum atomic E-state index is 14.6. The van der Waals surface area contributed by atoms with E-state index in [1.54, 1.807) is 30.1 Å². The Morgan fingerprint density at radius 3 is 2.54 bits per heavy atom. The minimum absolute atomic E-state index is 0.149. The fourth-order valence-electron chi connectivity index (χ4n) is 6.84. The van der Waals surface area contributed by atoms with Gasteiger partial charge in [0.2, 0.25) is 11.8 Å². The third kappa shape index (κ3) is 4.86. The summed E-state index contributed by atoms with van der Waals surface area (Å²) in [6.07, 6.45) is 6.74. The Kier molecular flexibility index (Phi) is 8.07. The molecule has 220 valence electrons. The molecule has 0 radical (unpaired) electrons. The van der Waals surface area contributed by atoms with Crippen LogP contribution < -0.4 is 10.2 Å². The molecule has 0 aliphatic carbocycles. The summed E-state index contributed by atoms with van der Waals surface area (Å²) in [5.74, 6) is -3.55. The van der Waals surface area contributed by atoms with Crippen molar-refractivity contribution in [2.75, 3.05) is 24.6 Å². The monoisotopic (exact) mass is 565 g/mol. The van der Waals surface area contributed by atoms with Gasteiger partial charge in [0.25, 0.3) is 5.91 Å². The number of carbonyl (C=O) groups excluding carboxylic acids is 4. The number of hydrogen-bond donors (Lipinski definition) is 2. The first-order valence-corrected chi connectivity index (χ1v) is 14.4. The summed E-state index contributed by atoms with van der Waals surface area (Å²) in [5, 5.41) is 13.1. The number of fused-ring (bicyclic) bond motifs is 2. The van der Waals surface area contributed by atoms with Crippen molar-refractivity contribution in [3.8, 4) is 0 Å². The van der Waals surface area contributed by atoms with Gasteiger partial charge in [0, 0.05) is 18.7 Å². The van der Waals surface area contributed by atoms with E-state index in [1.165, 1.54) is 4.90 Å². The first-order chi connectivity index (χ1) is 19.6. The highest BCUT2D eigenvalue weighted by atomic mass is 16.6. The molecule has 2 fully saturated rings. The number of amides is 3. The van der Waals surface area contributed by atoms with Crippen LogP contribution in [0, 0.1) is 25.7 Å². The summed E-state index contributed by atoms with van der Waals surface area (Å²) in [5.41, 5.74) is 1.16. The fourth-order valence-corrected chi connectivity index (χ4v) is 6.84. The molecule has 2 saturated heterocycles. The van der Waals surface area contributed by atoms with E-state index in [2.05, 4.69) is 5.32 Å². The Labute approximate surface area is 240 Å². The van der Waals surface area contributed by atoms with Crippen molar-refractivity contribution in [1.82, 2.24) is 10.2 Å². The molecule has 3 amide bonds. The highest BCUT2D eigenvalue weighted by Gasteiger charge is 2.72. The molecule has 41 heavy (non-hydrogen) atoms. The van der Waals surface area contributed by atoms with E-state index in [0.29, 0.717) is 12.8 Å². The smallest absolute Gasteiger partial charge is 0.313 e. The predicted octanol–water partition coefficient (Wildman–Crippen LogP) is 1.96. The summed E-state index contributed by atoms with van der Waals surface area (Å²) in [6, 6.07) is 4.08. The molecule has 1 spiro atoms. The number of hydrogen-bond acceptors (Lipinski definition) is 7. The second kappa shape index (κ2) is 11.4. The number of benzene rings is 1. The fraction of sp³-hybridized carbons (Fsp3) is 0.548. The number of ether oxygens (including phenoxy) is 2. The molecule has 0 unspecified atom stereocenters. The van der Waals surface area contributed by atoms with E-state index < -0.39 is 53.6 Å². The van der Waals surface area contributed by atoms with Gasteiger partial charge in [-0.3, -0.25) is 19.2 Å². The van der Waals surface area contributed by atoms with Crippen molar-refractivity contribution >= 4 is 29.4 Å². The SMILES string of the molecule is CC[C@@H](CO)N1C(=O)[C@H]2[C@@H]3C(=O)O[C@@H](C)CNC(=O)CC/C=C\[C@@H]3O[C@]23C=CCN(c2c(C)cccc2C)C(=O)[C@H]13. The van der Waals surface area contributed by atoms with Crippen LogP contribution in [0.4, 0.5) is 5.69 Å². The quantitative estimate of drug-likeness (QED) is 0.422. The number of rotatable bonds is 4. The molecular weight excluding hydrogens is 526 g/mol. The number of nitrogens with zero attached hydrogens (tertiary/aromatic N) is 2. The third-order valence-electron chi connectivity index (χ3n) is 8.76. The zero-order valence-corrected chi connectivity index (χ0v) is 24.0. The van der Waals surface area contributed by atoms with Gasteiger partial charge in [-0.25, -0.2) is 0 Å². The lowest BCUT2D eigenvalue weighted by Crippen LogP contribution is -2.58. The summed E-state index contributed by atoms with van der Waals surface area (Å²) in [7, 11) is 0.